The number of halogens is 4. The average Bonchev–Trinajstić information content (AvgIpc) is 2.45. The molecule has 0 aliphatic rings. The molecule has 0 amide bonds. The summed E-state index contributed by atoms with van der Waals surface area (Å²) in [7, 11) is 0. The van der Waals surface area contributed by atoms with Gasteiger partial charge in [-0.05, 0) is 64.9 Å². The van der Waals surface area contributed by atoms with E-state index in [9.17, 15) is 4.39 Å². The molecule has 2 rings (SSSR count). The highest BCUT2D eigenvalue weighted by Gasteiger charge is 2.20. The molecular formula is C16H15Cl2FIN. The highest BCUT2D eigenvalue weighted by molar-refractivity contribution is 14.1. The van der Waals surface area contributed by atoms with E-state index in [1.54, 1.807) is 12.1 Å². The summed E-state index contributed by atoms with van der Waals surface area (Å²) in [6, 6.07) is 10.3. The predicted molar refractivity (Wildman–Crippen MR) is 95.7 cm³/mol. The zero-order chi connectivity index (χ0) is 15.4. The predicted octanol–water partition coefficient (Wildman–Crippen LogP) is 5.83. The molecule has 0 heterocycles. The summed E-state index contributed by atoms with van der Waals surface area (Å²) >= 11 is 14.6. The van der Waals surface area contributed by atoms with Gasteiger partial charge in [-0.1, -0.05) is 48.3 Å². The number of hydrogen-bond acceptors (Lipinski definition) is 1. The maximum atomic E-state index is 13.3. The molecule has 1 unspecified atom stereocenters. The summed E-state index contributed by atoms with van der Waals surface area (Å²) in [5.74, 6) is -0.241. The largest absolute Gasteiger partial charge is 0.306 e. The molecular weight excluding hydrogens is 423 g/mol. The number of hydrogen-bond donors (Lipinski definition) is 1. The third-order valence-electron chi connectivity index (χ3n) is 3.16. The van der Waals surface area contributed by atoms with Gasteiger partial charge in [0.2, 0.25) is 0 Å². The van der Waals surface area contributed by atoms with Crippen LogP contribution in [-0.2, 0) is 0 Å². The molecule has 0 aliphatic carbocycles. The molecule has 0 fully saturated rings. The van der Waals surface area contributed by atoms with E-state index in [0.717, 1.165) is 27.7 Å². The number of rotatable bonds is 5. The Bertz CT molecular complexity index is 634. The van der Waals surface area contributed by atoms with Crippen LogP contribution in [0.15, 0.2) is 36.4 Å². The Hall–Kier alpha value is -0.360. The van der Waals surface area contributed by atoms with E-state index < -0.39 is 0 Å². The summed E-state index contributed by atoms with van der Waals surface area (Å²) in [5.41, 5.74) is 1.90. The van der Waals surface area contributed by atoms with E-state index in [-0.39, 0.29) is 11.9 Å². The second-order valence-corrected chi connectivity index (χ2v) is 6.64. The van der Waals surface area contributed by atoms with Crippen molar-refractivity contribution in [1.29, 1.82) is 0 Å². The topological polar surface area (TPSA) is 12.0 Å². The molecule has 1 N–H and O–H groups in total. The van der Waals surface area contributed by atoms with Crippen LogP contribution < -0.4 is 5.32 Å². The average molecular weight is 438 g/mol. The van der Waals surface area contributed by atoms with E-state index >= 15 is 0 Å². The Morgan fingerprint density at radius 2 is 1.95 bits per heavy atom. The first-order valence-electron chi connectivity index (χ1n) is 6.66. The van der Waals surface area contributed by atoms with Gasteiger partial charge >= 0.3 is 0 Å². The van der Waals surface area contributed by atoms with Crippen molar-refractivity contribution in [2.45, 2.75) is 19.4 Å². The quantitative estimate of drug-likeness (QED) is 0.580. The van der Waals surface area contributed by atoms with Gasteiger partial charge in [-0.25, -0.2) is 4.39 Å². The Balaban J connectivity index is 2.49. The van der Waals surface area contributed by atoms with Crippen LogP contribution in [0.4, 0.5) is 4.39 Å². The molecule has 0 aliphatic heterocycles. The first-order chi connectivity index (χ1) is 10.0. The zero-order valence-corrected chi connectivity index (χ0v) is 15.1. The zero-order valence-electron chi connectivity index (χ0n) is 11.5. The van der Waals surface area contributed by atoms with Crippen LogP contribution in [0.2, 0.25) is 10.0 Å². The first kappa shape index (κ1) is 17.0. The normalized spacial score (nSPS) is 12.4. The van der Waals surface area contributed by atoms with Gasteiger partial charge in [-0.15, -0.1) is 0 Å². The summed E-state index contributed by atoms with van der Waals surface area (Å²) < 4.78 is 14.2. The molecule has 21 heavy (non-hydrogen) atoms. The fourth-order valence-corrected chi connectivity index (χ4v) is 3.36. The Labute approximate surface area is 148 Å². The van der Waals surface area contributed by atoms with Crippen molar-refractivity contribution in [3.05, 3.63) is 67.0 Å². The Morgan fingerprint density at radius 1 is 1.19 bits per heavy atom. The van der Waals surface area contributed by atoms with E-state index in [1.807, 2.05) is 12.1 Å². The maximum absolute atomic E-state index is 13.3. The third-order valence-corrected chi connectivity index (χ3v) is 4.93. The lowest BCUT2D eigenvalue weighted by Gasteiger charge is -2.22. The van der Waals surface area contributed by atoms with Crippen LogP contribution in [0.5, 0.6) is 0 Å². The van der Waals surface area contributed by atoms with Crippen molar-refractivity contribution in [3.63, 3.8) is 0 Å². The van der Waals surface area contributed by atoms with E-state index in [4.69, 9.17) is 23.2 Å². The summed E-state index contributed by atoms with van der Waals surface area (Å²) in [6.45, 7) is 2.93. The van der Waals surface area contributed by atoms with Crippen LogP contribution in [0.1, 0.15) is 30.5 Å². The SMILES string of the molecule is CCCNC(c1ccc(F)cc1I)c1cccc(Cl)c1Cl. The monoisotopic (exact) mass is 437 g/mol. The van der Waals surface area contributed by atoms with Crippen LogP contribution in [0.25, 0.3) is 0 Å². The van der Waals surface area contributed by atoms with Crippen LogP contribution in [0, 0.1) is 9.39 Å². The molecule has 0 spiro atoms. The summed E-state index contributed by atoms with van der Waals surface area (Å²) in [5, 5.41) is 4.52. The molecule has 0 aromatic heterocycles. The minimum atomic E-state index is -0.241. The summed E-state index contributed by atoms with van der Waals surface area (Å²) in [4.78, 5) is 0. The van der Waals surface area contributed by atoms with Gasteiger partial charge in [0.15, 0.2) is 0 Å². The van der Waals surface area contributed by atoms with Gasteiger partial charge in [-0.2, -0.15) is 0 Å². The molecule has 5 heteroatoms. The standard InChI is InChI=1S/C16H15Cl2FIN/c1-2-8-21-16(11-7-6-10(19)9-14(11)20)12-4-3-5-13(17)15(12)18/h3-7,9,16,21H,2,8H2,1H3. The molecule has 2 aromatic carbocycles. The number of benzene rings is 2. The second-order valence-electron chi connectivity index (χ2n) is 4.70. The van der Waals surface area contributed by atoms with Crippen molar-refractivity contribution < 1.29 is 4.39 Å². The minimum Gasteiger partial charge on any atom is -0.306 e. The van der Waals surface area contributed by atoms with E-state index in [0.29, 0.717) is 10.0 Å². The minimum absolute atomic E-state index is 0.108. The Morgan fingerprint density at radius 3 is 2.62 bits per heavy atom. The molecule has 112 valence electrons. The van der Waals surface area contributed by atoms with Gasteiger partial charge in [0.1, 0.15) is 5.82 Å². The lowest BCUT2D eigenvalue weighted by atomic mass is 9.98. The molecule has 0 saturated heterocycles. The third kappa shape index (κ3) is 4.09. The lowest BCUT2D eigenvalue weighted by molar-refractivity contribution is 0.590. The molecule has 2 aromatic rings. The van der Waals surface area contributed by atoms with E-state index in [2.05, 4.69) is 34.8 Å². The van der Waals surface area contributed by atoms with Gasteiger partial charge in [0, 0.05) is 3.57 Å². The fraction of sp³-hybridized carbons (Fsp3) is 0.250. The van der Waals surface area contributed by atoms with Gasteiger partial charge in [0.05, 0.1) is 16.1 Å². The van der Waals surface area contributed by atoms with Crippen LogP contribution >= 0.6 is 45.8 Å². The fourth-order valence-electron chi connectivity index (χ4n) is 2.16. The van der Waals surface area contributed by atoms with Crippen molar-refractivity contribution >= 4 is 45.8 Å². The van der Waals surface area contributed by atoms with Crippen LogP contribution in [-0.4, -0.2) is 6.54 Å². The smallest absolute Gasteiger partial charge is 0.124 e. The van der Waals surface area contributed by atoms with Crippen molar-refractivity contribution in [2.24, 2.45) is 0 Å². The second kappa shape index (κ2) is 7.77. The van der Waals surface area contributed by atoms with Crippen molar-refractivity contribution in [2.75, 3.05) is 6.54 Å². The molecule has 0 bridgehead atoms. The molecule has 1 nitrogen and oxygen atoms in total. The lowest BCUT2D eigenvalue weighted by Crippen LogP contribution is -2.24. The molecule has 0 radical (unpaired) electrons. The number of nitrogens with one attached hydrogen (secondary N) is 1. The van der Waals surface area contributed by atoms with E-state index in [1.165, 1.54) is 12.1 Å². The van der Waals surface area contributed by atoms with Gasteiger partial charge in [-0.3, -0.25) is 0 Å². The maximum Gasteiger partial charge on any atom is 0.124 e. The first-order valence-corrected chi connectivity index (χ1v) is 8.50. The van der Waals surface area contributed by atoms with Crippen LogP contribution in [0.3, 0.4) is 0 Å². The van der Waals surface area contributed by atoms with Crippen molar-refractivity contribution in [3.8, 4) is 0 Å². The molecule has 1 atom stereocenters. The molecule has 0 saturated carbocycles. The van der Waals surface area contributed by atoms with Gasteiger partial charge in [0.25, 0.3) is 0 Å². The highest BCUT2D eigenvalue weighted by Crippen LogP contribution is 2.34. The Kier molecular flexibility index (Phi) is 6.29. The van der Waals surface area contributed by atoms with Crippen molar-refractivity contribution in [1.82, 2.24) is 5.32 Å². The van der Waals surface area contributed by atoms with Gasteiger partial charge < -0.3 is 5.32 Å². The summed E-state index contributed by atoms with van der Waals surface area (Å²) in [6.07, 6.45) is 0.993. The highest BCUT2D eigenvalue weighted by atomic mass is 127.